The molecule has 0 unspecified atom stereocenters. The predicted octanol–water partition coefficient (Wildman–Crippen LogP) is 0.916. The Labute approximate surface area is 107 Å². The SMILES string of the molecule is Cc1ncsc1CCOCCN1CCNCC1. The molecule has 1 saturated heterocycles. The van der Waals surface area contributed by atoms with Crippen molar-refractivity contribution in [3.63, 3.8) is 0 Å². The summed E-state index contributed by atoms with van der Waals surface area (Å²) < 4.78 is 5.68. The molecule has 17 heavy (non-hydrogen) atoms. The standard InChI is InChI=1S/C12H21N3OS/c1-11-12(17-10-14-11)2-8-16-9-7-15-5-3-13-4-6-15/h10,13H,2-9H2,1H3. The molecule has 5 heteroatoms. The highest BCUT2D eigenvalue weighted by atomic mass is 32.1. The molecule has 1 aromatic heterocycles. The average Bonchev–Trinajstić information content (AvgIpc) is 2.76. The second-order valence-electron chi connectivity index (χ2n) is 4.31. The Morgan fingerprint density at radius 2 is 2.24 bits per heavy atom. The minimum atomic E-state index is 0.815. The van der Waals surface area contributed by atoms with E-state index >= 15 is 0 Å². The smallest absolute Gasteiger partial charge is 0.0797 e. The number of nitrogens with zero attached hydrogens (tertiary/aromatic N) is 2. The molecule has 2 rings (SSSR count). The van der Waals surface area contributed by atoms with Gasteiger partial charge in [-0.2, -0.15) is 0 Å². The van der Waals surface area contributed by atoms with Gasteiger partial charge in [-0.25, -0.2) is 4.98 Å². The first kappa shape index (κ1) is 13.0. The molecule has 1 N–H and O–H groups in total. The van der Waals surface area contributed by atoms with Crippen LogP contribution >= 0.6 is 11.3 Å². The zero-order chi connectivity index (χ0) is 11.9. The van der Waals surface area contributed by atoms with E-state index in [1.165, 1.54) is 4.88 Å². The molecule has 1 aliphatic rings. The van der Waals surface area contributed by atoms with Gasteiger partial charge in [0, 0.05) is 44.0 Å². The monoisotopic (exact) mass is 255 g/mol. The molecule has 0 aliphatic carbocycles. The molecule has 0 radical (unpaired) electrons. The molecule has 0 bridgehead atoms. The van der Waals surface area contributed by atoms with Gasteiger partial charge < -0.3 is 10.1 Å². The van der Waals surface area contributed by atoms with E-state index < -0.39 is 0 Å². The molecular weight excluding hydrogens is 234 g/mol. The summed E-state index contributed by atoms with van der Waals surface area (Å²) in [5.74, 6) is 0. The van der Waals surface area contributed by atoms with Gasteiger partial charge in [-0.15, -0.1) is 11.3 Å². The molecule has 4 nitrogen and oxygen atoms in total. The van der Waals surface area contributed by atoms with Gasteiger partial charge in [-0.1, -0.05) is 0 Å². The van der Waals surface area contributed by atoms with Crippen LogP contribution in [0.1, 0.15) is 10.6 Å². The number of thiazole rings is 1. The fourth-order valence-electron chi connectivity index (χ4n) is 1.96. The van der Waals surface area contributed by atoms with Gasteiger partial charge in [-0.3, -0.25) is 4.90 Å². The lowest BCUT2D eigenvalue weighted by molar-refractivity contribution is 0.101. The third-order valence-electron chi connectivity index (χ3n) is 3.08. The van der Waals surface area contributed by atoms with Gasteiger partial charge >= 0.3 is 0 Å². The highest BCUT2D eigenvalue weighted by molar-refractivity contribution is 7.09. The van der Waals surface area contributed by atoms with Crippen molar-refractivity contribution in [2.75, 3.05) is 45.9 Å². The fraction of sp³-hybridized carbons (Fsp3) is 0.750. The first-order valence-corrected chi connectivity index (χ1v) is 7.14. The number of piperazine rings is 1. The van der Waals surface area contributed by atoms with Gasteiger partial charge in [0.1, 0.15) is 0 Å². The van der Waals surface area contributed by atoms with E-state index in [2.05, 4.69) is 22.1 Å². The number of nitrogens with one attached hydrogen (secondary N) is 1. The maximum atomic E-state index is 5.68. The number of aromatic nitrogens is 1. The summed E-state index contributed by atoms with van der Waals surface area (Å²) in [5.41, 5.74) is 3.06. The summed E-state index contributed by atoms with van der Waals surface area (Å²) in [7, 11) is 0. The molecule has 1 aliphatic heterocycles. The van der Waals surface area contributed by atoms with E-state index in [9.17, 15) is 0 Å². The summed E-state index contributed by atoms with van der Waals surface area (Å²) >= 11 is 1.73. The van der Waals surface area contributed by atoms with Gasteiger partial charge in [0.05, 0.1) is 24.4 Å². The van der Waals surface area contributed by atoms with Crippen LogP contribution in [-0.2, 0) is 11.2 Å². The zero-order valence-corrected chi connectivity index (χ0v) is 11.3. The highest BCUT2D eigenvalue weighted by Crippen LogP contribution is 2.12. The second-order valence-corrected chi connectivity index (χ2v) is 5.25. The Hall–Kier alpha value is -0.490. The molecule has 0 atom stereocenters. The van der Waals surface area contributed by atoms with Crippen LogP contribution in [0.4, 0.5) is 0 Å². The Bertz CT molecular complexity index is 323. The van der Waals surface area contributed by atoms with E-state index in [1.54, 1.807) is 11.3 Å². The second kappa shape index (κ2) is 7.06. The van der Waals surface area contributed by atoms with E-state index in [4.69, 9.17) is 4.74 Å². The van der Waals surface area contributed by atoms with Crippen LogP contribution < -0.4 is 5.32 Å². The van der Waals surface area contributed by atoms with Gasteiger partial charge in [0.15, 0.2) is 0 Å². The highest BCUT2D eigenvalue weighted by Gasteiger charge is 2.08. The normalized spacial score (nSPS) is 17.5. The minimum Gasteiger partial charge on any atom is -0.380 e. The lowest BCUT2D eigenvalue weighted by atomic mass is 10.3. The molecule has 2 heterocycles. The first-order valence-electron chi connectivity index (χ1n) is 6.26. The molecule has 0 saturated carbocycles. The quantitative estimate of drug-likeness (QED) is 0.767. The van der Waals surface area contributed by atoms with Crippen LogP contribution in [0.3, 0.4) is 0 Å². The predicted molar refractivity (Wildman–Crippen MR) is 70.7 cm³/mol. The van der Waals surface area contributed by atoms with Gasteiger partial charge in [0.25, 0.3) is 0 Å². The van der Waals surface area contributed by atoms with Crippen LogP contribution in [0.25, 0.3) is 0 Å². The van der Waals surface area contributed by atoms with Crippen LogP contribution in [-0.4, -0.2) is 55.8 Å². The molecule has 1 fully saturated rings. The summed E-state index contributed by atoms with van der Waals surface area (Å²) in [5, 5.41) is 3.35. The summed E-state index contributed by atoms with van der Waals surface area (Å²) in [6.45, 7) is 9.30. The van der Waals surface area contributed by atoms with Crippen molar-refractivity contribution in [3.05, 3.63) is 16.1 Å². The van der Waals surface area contributed by atoms with Gasteiger partial charge in [0.2, 0.25) is 0 Å². The number of hydrogen-bond acceptors (Lipinski definition) is 5. The number of aryl methyl sites for hydroxylation is 1. The lowest BCUT2D eigenvalue weighted by Gasteiger charge is -2.26. The van der Waals surface area contributed by atoms with E-state index in [0.717, 1.165) is 58.1 Å². The van der Waals surface area contributed by atoms with Crippen LogP contribution in [0, 0.1) is 6.92 Å². The van der Waals surface area contributed by atoms with Crippen LogP contribution in [0.2, 0.25) is 0 Å². The first-order chi connectivity index (χ1) is 8.36. The molecule has 0 amide bonds. The summed E-state index contributed by atoms with van der Waals surface area (Å²) in [4.78, 5) is 8.04. The number of rotatable bonds is 6. The Kier molecular flexibility index (Phi) is 5.38. The average molecular weight is 255 g/mol. The molecular formula is C12H21N3OS. The van der Waals surface area contributed by atoms with Crippen molar-refractivity contribution in [3.8, 4) is 0 Å². The molecule has 1 aromatic rings. The van der Waals surface area contributed by atoms with E-state index in [1.807, 2.05) is 5.51 Å². The molecule has 0 aromatic carbocycles. The van der Waals surface area contributed by atoms with Crippen molar-refractivity contribution in [1.29, 1.82) is 0 Å². The number of hydrogen-bond donors (Lipinski definition) is 1. The van der Waals surface area contributed by atoms with E-state index in [0.29, 0.717) is 0 Å². The maximum absolute atomic E-state index is 5.68. The summed E-state index contributed by atoms with van der Waals surface area (Å²) in [6.07, 6.45) is 0.998. The summed E-state index contributed by atoms with van der Waals surface area (Å²) in [6, 6.07) is 0. The third-order valence-corrected chi connectivity index (χ3v) is 4.07. The lowest BCUT2D eigenvalue weighted by Crippen LogP contribution is -2.44. The van der Waals surface area contributed by atoms with Crippen LogP contribution in [0.15, 0.2) is 5.51 Å². The van der Waals surface area contributed by atoms with Gasteiger partial charge in [-0.05, 0) is 6.92 Å². The van der Waals surface area contributed by atoms with Crippen LogP contribution in [0.5, 0.6) is 0 Å². The Balaban J connectivity index is 1.53. The Morgan fingerprint density at radius 1 is 1.41 bits per heavy atom. The molecule has 0 spiro atoms. The molecule has 96 valence electrons. The van der Waals surface area contributed by atoms with Crippen molar-refractivity contribution in [2.24, 2.45) is 0 Å². The largest absolute Gasteiger partial charge is 0.380 e. The third kappa shape index (κ3) is 4.35. The zero-order valence-electron chi connectivity index (χ0n) is 10.4. The number of ether oxygens (including phenoxy) is 1. The maximum Gasteiger partial charge on any atom is 0.0797 e. The van der Waals surface area contributed by atoms with Crippen molar-refractivity contribution >= 4 is 11.3 Å². The Morgan fingerprint density at radius 3 is 2.94 bits per heavy atom. The van der Waals surface area contributed by atoms with Crippen molar-refractivity contribution < 1.29 is 4.74 Å². The van der Waals surface area contributed by atoms with Crippen molar-refractivity contribution in [1.82, 2.24) is 15.2 Å². The topological polar surface area (TPSA) is 37.4 Å². The fourth-order valence-corrected chi connectivity index (χ4v) is 2.72. The van der Waals surface area contributed by atoms with E-state index in [-0.39, 0.29) is 0 Å². The van der Waals surface area contributed by atoms with Crippen molar-refractivity contribution in [2.45, 2.75) is 13.3 Å². The minimum absolute atomic E-state index is 0.815.